The molecule has 4 unspecified atom stereocenters. The SMILES string of the molecule is Cc1coc2c1C1CC(CCC3OC3(C)C2)C(=O)O1. The van der Waals surface area contributed by atoms with Gasteiger partial charge in [0.05, 0.1) is 23.9 Å². The molecular formula is C15H18O4. The van der Waals surface area contributed by atoms with Crippen LogP contribution in [0.15, 0.2) is 10.7 Å². The van der Waals surface area contributed by atoms with Gasteiger partial charge in [0.25, 0.3) is 0 Å². The van der Waals surface area contributed by atoms with E-state index in [1.807, 2.05) is 6.92 Å². The molecule has 2 fully saturated rings. The van der Waals surface area contributed by atoms with Crippen molar-refractivity contribution in [1.29, 1.82) is 0 Å². The van der Waals surface area contributed by atoms with Gasteiger partial charge in [-0.3, -0.25) is 4.79 Å². The third kappa shape index (κ3) is 1.66. The number of epoxide rings is 1. The van der Waals surface area contributed by atoms with Crippen LogP contribution in [0, 0.1) is 12.8 Å². The Morgan fingerprint density at radius 3 is 3.05 bits per heavy atom. The summed E-state index contributed by atoms with van der Waals surface area (Å²) in [5.74, 6) is 0.905. The highest BCUT2D eigenvalue weighted by Crippen LogP contribution is 2.48. The highest BCUT2D eigenvalue weighted by atomic mass is 16.6. The van der Waals surface area contributed by atoms with E-state index < -0.39 is 0 Å². The first-order chi connectivity index (χ1) is 9.07. The van der Waals surface area contributed by atoms with Crippen molar-refractivity contribution in [2.45, 2.75) is 57.3 Å². The van der Waals surface area contributed by atoms with Gasteiger partial charge in [-0.05, 0) is 32.3 Å². The van der Waals surface area contributed by atoms with Gasteiger partial charge >= 0.3 is 5.97 Å². The van der Waals surface area contributed by atoms with E-state index in [-0.39, 0.29) is 29.7 Å². The Balaban J connectivity index is 1.77. The molecule has 2 aliphatic heterocycles. The molecule has 0 aromatic carbocycles. The molecule has 1 aromatic heterocycles. The predicted molar refractivity (Wildman–Crippen MR) is 66.6 cm³/mol. The Morgan fingerprint density at radius 1 is 1.37 bits per heavy atom. The van der Waals surface area contributed by atoms with Gasteiger partial charge in [0.2, 0.25) is 0 Å². The molecule has 4 rings (SSSR count). The number of fused-ring (bicyclic) bond motifs is 5. The van der Waals surface area contributed by atoms with Crippen LogP contribution in [0.5, 0.6) is 0 Å². The topological polar surface area (TPSA) is 52.0 Å². The Hall–Kier alpha value is -1.29. The van der Waals surface area contributed by atoms with Crippen LogP contribution in [-0.4, -0.2) is 17.7 Å². The van der Waals surface area contributed by atoms with Crippen molar-refractivity contribution in [3.63, 3.8) is 0 Å². The van der Waals surface area contributed by atoms with Crippen LogP contribution in [0.1, 0.15) is 49.2 Å². The van der Waals surface area contributed by atoms with E-state index in [0.29, 0.717) is 0 Å². The van der Waals surface area contributed by atoms with Crippen molar-refractivity contribution < 1.29 is 18.7 Å². The van der Waals surface area contributed by atoms with E-state index >= 15 is 0 Å². The van der Waals surface area contributed by atoms with Gasteiger partial charge in [-0.15, -0.1) is 0 Å². The third-order valence-electron chi connectivity index (χ3n) is 4.84. The zero-order valence-electron chi connectivity index (χ0n) is 11.3. The number of esters is 1. The molecule has 102 valence electrons. The normalized spacial score (nSPS) is 40.3. The lowest BCUT2D eigenvalue weighted by atomic mass is 9.88. The average Bonchev–Trinajstić information content (AvgIpc) is 2.65. The first-order valence-corrected chi connectivity index (χ1v) is 7.02. The zero-order chi connectivity index (χ0) is 13.2. The van der Waals surface area contributed by atoms with Gasteiger partial charge < -0.3 is 13.9 Å². The van der Waals surface area contributed by atoms with Gasteiger partial charge in [0.1, 0.15) is 11.9 Å². The maximum Gasteiger partial charge on any atom is 0.309 e. The highest BCUT2D eigenvalue weighted by Gasteiger charge is 2.54. The minimum atomic E-state index is -0.120. The second-order valence-corrected chi connectivity index (χ2v) is 6.29. The number of aryl methyl sites for hydroxylation is 1. The molecule has 0 saturated carbocycles. The number of furan rings is 1. The number of hydrogen-bond donors (Lipinski definition) is 0. The first-order valence-electron chi connectivity index (χ1n) is 7.02. The predicted octanol–water partition coefficient (Wildman–Crippen LogP) is 2.69. The Morgan fingerprint density at radius 2 is 2.21 bits per heavy atom. The number of carbonyl (C=O) groups is 1. The molecule has 1 aliphatic carbocycles. The van der Waals surface area contributed by atoms with Gasteiger partial charge in [-0.2, -0.15) is 0 Å². The largest absolute Gasteiger partial charge is 0.469 e. The summed E-state index contributed by atoms with van der Waals surface area (Å²) in [6, 6.07) is 0. The second-order valence-electron chi connectivity index (χ2n) is 6.29. The van der Waals surface area contributed by atoms with Gasteiger partial charge in [0.15, 0.2) is 0 Å². The van der Waals surface area contributed by atoms with Crippen molar-refractivity contribution in [3.05, 3.63) is 23.2 Å². The molecule has 4 nitrogen and oxygen atoms in total. The molecule has 2 saturated heterocycles. The Labute approximate surface area is 112 Å². The zero-order valence-corrected chi connectivity index (χ0v) is 11.3. The van der Waals surface area contributed by atoms with Gasteiger partial charge in [-0.1, -0.05) is 0 Å². The lowest BCUT2D eigenvalue weighted by Gasteiger charge is -2.13. The quantitative estimate of drug-likeness (QED) is 0.533. The fourth-order valence-corrected chi connectivity index (χ4v) is 3.61. The first kappa shape index (κ1) is 11.5. The molecule has 0 radical (unpaired) electrons. The van der Waals surface area contributed by atoms with E-state index in [1.165, 1.54) is 0 Å². The summed E-state index contributed by atoms with van der Waals surface area (Å²) in [5.41, 5.74) is 2.04. The van der Waals surface area contributed by atoms with Crippen molar-refractivity contribution in [1.82, 2.24) is 0 Å². The lowest BCUT2D eigenvalue weighted by molar-refractivity contribution is -0.144. The van der Waals surface area contributed by atoms with Crippen LogP contribution in [0.4, 0.5) is 0 Å². The van der Waals surface area contributed by atoms with E-state index in [4.69, 9.17) is 13.9 Å². The fourth-order valence-electron chi connectivity index (χ4n) is 3.61. The van der Waals surface area contributed by atoms with E-state index in [2.05, 4.69) is 6.92 Å². The summed E-state index contributed by atoms with van der Waals surface area (Å²) in [4.78, 5) is 11.9. The van der Waals surface area contributed by atoms with E-state index in [9.17, 15) is 4.79 Å². The van der Waals surface area contributed by atoms with E-state index in [0.717, 1.165) is 42.6 Å². The smallest absolute Gasteiger partial charge is 0.309 e. The van der Waals surface area contributed by atoms with Crippen LogP contribution >= 0.6 is 0 Å². The third-order valence-corrected chi connectivity index (χ3v) is 4.84. The molecule has 0 spiro atoms. The lowest BCUT2D eigenvalue weighted by Crippen LogP contribution is -2.17. The fraction of sp³-hybridized carbons (Fsp3) is 0.667. The van der Waals surface area contributed by atoms with Crippen LogP contribution in [-0.2, 0) is 20.7 Å². The molecule has 4 heteroatoms. The number of ether oxygens (including phenoxy) is 2. The Kier molecular flexibility index (Phi) is 2.20. The molecular weight excluding hydrogens is 244 g/mol. The van der Waals surface area contributed by atoms with Crippen molar-refractivity contribution in [3.8, 4) is 0 Å². The number of hydrogen-bond acceptors (Lipinski definition) is 4. The standard InChI is InChI=1S/C15H18O4/c1-8-7-17-11-6-15(2)12(19-15)4-3-9-5-10(13(8)11)18-14(9)16/h7,9-10,12H,3-6H2,1-2H3. The van der Waals surface area contributed by atoms with Crippen molar-refractivity contribution in [2.24, 2.45) is 5.92 Å². The maximum absolute atomic E-state index is 11.9. The average molecular weight is 262 g/mol. The molecule has 4 atom stereocenters. The maximum atomic E-state index is 11.9. The van der Waals surface area contributed by atoms with Gasteiger partial charge in [-0.25, -0.2) is 0 Å². The van der Waals surface area contributed by atoms with Crippen molar-refractivity contribution in [2.75, 3.05) is 0 Å². The molecule has 1 aromatic rings. The molecule has 3 aliphatic rings. The second kappa shape index (κ2) is 3.63. The van der Waals surface area contributed by atoms with Crippen LogP contribution in [0.2, 0.25) is 0 Å². The van der Waals surface area contributed by atoms with Crippen LogP contribution in [0.25, 0.3) is 0 Å². The summed E-state index contributed by atoms with van der Waals surface area (Å²) >= 11 is 0. The molecule has 0 amide bonds. The summed E-state index contributed by atoms with van der Waals surface area (Å²) < 4.78 is 17.1. The summed E-state index contributed by atoms with van der Waals surface area (Å²) in [6.07, 6.45) is 5.29. The van der Waals surface area contributed by atoms with Gasteiger partial charge in [0, 0.05) is 18.4 Å². The molecule has 19 heavy (non-hydrogen) atoms. The van der Waals surface area contributed by atoms with Crippen molar-refractivity contribution >= 4 is 5.97 Å². The summed E-state index contributed by atoms with van der Waals surface area (Å²) in [7, 11) is 0. The molecule has 2 bridgehead atoms. The van der Waals surface area contributed by atoms with Crippen LogP contribution in [0.3, 0.4) is 0 Å². The number of rotatable bonds is 0. The summed E-state index contributed by atoms with van der Waals surface area (Å²) in [5, 5.41) is 0. The minimum absolute atomic E-state index is 0.0266. The summed E-state index contributed by atoms with van der Waals surface area (Å²) in [6.45, 7) is 4.15. The van der Waals surface area contributed by atoms with Crippen LogP contribution < -0.4 is 0 Å². The number of carbonyl (C=O) groups excluding carboxylic acids is 1. The molecule has 3 heterocycles. The molecule has 0 N–H and O–H groups in total. The minimum Gasteiger partial charge on any atom is -0.469 e. The Bertz CT molecular complexity index is 546. The monoisotopic (exact) mass is 262 g/mol. The van der Waals surface area contributed by atoms with E-state index in [1.54, 1.807) is 6.26 Å². The highest BCUT2D eigenvalue weighted by molar-refractivity contribution is 5.75.